The van der Waals surface area contributed by atoms with E-state index in [1.165, 1.54) is 0 Å². The first-order chi connectivity index (χ1) is 6.38. The molecule has 1 aliphatic heterocycles. The van der Waals surface area contributed by atoms with Gasteiger partial charge in [0.25, 0.3) is 0 Å². The monoisotopic (exact) mass is 205 g/mol. The number of aliphatic hydroxyl groups excluding tert-OH is 1. The van der Waals surface area contributed by atoms with Crippen molar-refractivity contribution in [3.8, 4) is 0 Å². The summed E-state index contributed by atoms with van der Waals surface area (Å²) >= 11 is 0. The van der Waals surface area contributed by atoms with E-state index in [9.17, 15) is 19.8 Å². The number of piperidine rings is 1. The van der Waals surface area contributed by atoms with Gasteiger partial charge in [0, 0.05) is 13.0 Å². The van der Waals surface area contributed by atoms with Crippen molar-refractivity contribution in [1.82, 2.24) is 4.90 Å². The van der Waals surface area contributed by atoms with Gasteiger partial charge in [-0.25, -0.2) is 9.59 Å². The van der Waals surface area contributed by atoms with Gasteiger partial charge in [0.15, 0.2) is 5.60 Å². The third-order valence-electron chi connectivity index (χ3n) is 2.35. The van der Waals surface area contributed by atoms with Crippen molar-refractivity contribution in [1.29, 1.82) is 0 Å². The Morgan fingerprint density at radius 3 is 2.29 bits per heavy atom. The molecule has 0 bridgehead atoms. The normalized spacial score (nSPS) is 32.7. The summed E-state index contributed by atoms with van der Waals surface area (Å²) in [5, 5.41) is 35.9. The number of aliphatic hydroxyl groups is 2. The lowest BCUT2D eigenvalue weighted by Gasteiger charge is -2.37. The molecule has 0 radical (unpaired) electrons. The van der Waals surface area contributed by atoms with Crippen LogP contribution in [0.3, 0.4) is 0 Å². The molecule has 1 fully saturated rings. The number of carbonyl (C=O) groups is 2. The predicted octanol–water partition coefficient (Wildman–Crippen LogP) is -1.45. The van der Waals surface area contributed by atoms with Crippen molar-refractivity contribution >= 4 is 12.1 Å². The van der Waals surface area contributed by atoms with Gasteiger partial charge in [0.05, 0.1) is 6.54 Å². The summed E-state index contributed by atoms with van der Waals surface area (Å²) in [6.07, 6.45) is -3.14. The molecule has 0 aromatic rings. The van der Waals surface area contributed by atoms with Crippen molar-refractivity contribution in [3.05, 3.63) is 0 Å². The number of carboxylic acids is 1. The van der Waals surface area contributed by atoms with Crippen LogP contribution in [-0.4, -0.2) is 62.2 Å². The van der Waals surface area contributed by atoms with Crippen LogP contribution in [0.15, 0.2) is 0 Å². The molecule has 0 aromatic heterocycles. The quantitative estimate of drug-likeness (QED) is 0.415. The van der Waals surface area contributed by atoms with Crippen LogP contribution in [0.5, 0.6) is 0 Å². The number of aliphatic carboxylic acids is 1. The maximum absolute atomic E-state index is 10.6. The minimum atomic E-state index is -2.23. The van der Waals surface area contributed by atoms with Gasteiger partial charge in [0.2, 0.25) is 0 Å². The summed E-state index contributed by atoms with van der Waals surface area (Å²) in [5.74, 6) is -1.53. The maximum Gasteiger partial charge on any atom is 0.407 e. The fourth-order valence-corrected chi connectivity index (χ4v) is 1.35. The van der Waals surface area contributed by atoms with E-state index in [0.29, 0.717) is 0 Å². The zero-order chi connectivity index (χ0) is 10.9. The Labute approximate surface area is 79.2 Å². The molecular weight excluding hydrogens is 194 g/mol. The van der Waals surface area contributed by atoms with Gasteiger partial charge in [-0.2, -0.15) is 0 Å². The van der Waals surface area contributed by atoms with Crippen LogP contribution < -0.4 is 0 Å². The van der Waals surface area contributed by atoms with Crippen molar-refractivity contribution in [2.24, 2.45) is 0 Å². The Bertz CT molecular complexity index is 267. The highest BCUT2D eigenvalue weighted by Crippen LogP contribution is 2.22. The Morgan fingerprint density at radius 1 is 1.36 bits per heavy atom. The van der Waals surface area contributed by atoms with Gasteiger partial charge in [-0.15, -0.1) is 0 Å². The molecule has 7 heteroatoms. The Morgan fingerprint density at radius 2 is 1.93 bits per heavy atom. The maximum atomic E-state index is 10.6. The number of rotatable bonds is 1. The van der Waals surface area contributed by atoms with Crippen LogP contribution in [0.2, 0.25) is 0 Å². The third-order valence-corrected chi connectivity index (χ3v) is 2.35. The van der Waals surface area contributed by atoms with Gasteiger partial charge >= 0.3 is 12.1 Å². The van der Waals surface area contributed by atoms with Crippen LogP contribution >= 0.6 is 0 Å². The van der Waals surface area contributed by atoms with Gasteiger partial charge in [-0.05, 0) is 0 Å². The van der Waals surface area contributed by atoms with Gasteiger partial charge in [-0.1, -0.05) is 0 Å². The van der Waals surface area contributed by atoms with E-state index in [4.69, 9.17) is 10.2 Å². The standard InChI is InChI=1S/C7H11NO6/c9-4-3-8(6(12)13)2-1-7(4,14)5(10)11/h4,9,14H,1-3H2,(H,10,11)(H,12,13). The second kappa shape index (κ2) is 3.43. The van der Waals surface area contributed by atoms with Crippen LogP contribution in [0.1, 0.15) is 6.42 Å². The number of hydrogen-bond donors (Lipinski definition) is 4. The average Bonchev–Trinajstić information content (AvgIpc) is 2.09. The number of hydrogen-bond acceptors (Lipinski definition) is 4. The first-order valence-corrected chi connectivity index (χ1v) is 3.99. The molecule has 4 N–H and O–H groups in total. The highest BCUT2D eigenvalue weighted by Gasteiger charge is 2.48. The van der Waals surface area contributed by atoms with Crippen molar-refractivity contribution < 1.29 is 30.0 Å². The second-order valence-corrected chi connectivity index (χ2v) is 3.22. The second-order valence-electron chi connectivity index (χ2n) is 3.22. The predicted molar refractivity (Wildman–Crippen MR) is 42.8 cm³/mol. The minimum Gasteiger partial charge on any atom is -0.479 e. The average molecular weight is 205 g/mol. The summed E-state index contributed by atoms with van der Waals surface area (Å²) in [6.45, 7) is -0.493. The Balaban J connectivity index is 2.74. The molecule has 80 valence electrons. The minimum absolute atomic E-state index is 0.102. The molecule has 0 aliphatic carbocycles. The summed E-state index contributed by atoms with van der Waals surface area (Å²) < 4.78 is 0. The Hall–Kier alpha value is -1.34. The highest BCUT2D eigenvalue weighted by molar-refractivity contribution is 5.78. The molecule has 1 heterocycles. The van der Waals surface area contributed by atoms with Crippen LogP contribution in [0, 0.1) is 0 Å². The molecule has 1 rings (SSSR count). The summed E-state index contributed by atoms with van der Waals surface area (Å²) in [5.41, 5.74) is -2.23. The highest BCUT2D eigenvalue weighted by atomic mass is 16.4. The molecule has 0 aromatic carbocycles. The smallest absolute Gasteiger partial charge is 0.407 e. The number of β-amino-alcohol motifs (C(OH)–C–C–N with tert-alkyl or cyclic N) is 1. The number of likely N-dealkylation sites (tertiary alicyclic amines) is 1. The van der Waals surface area contributed by atoms with Crippen molar-refractivity contribution in [2.45, 2.75) is 18.1 Å². The van der Waals surface area contributed by atoms with Gasteiger partial charge in [-0.3, -0.25) is 0 Å². The largest absolute Gasteiger partial charge is 0.479 e. The number of amides is 1. The lowest BCUT2D eigenvalue weighted by atomic mass is 9.89. The molecule has 1 amide bonds. The molecule has 2 unspecified atom stereocenters. The summed E-state index contributed by atoms with van der Waals surface area (Å²) in [6, 6.07) is 0. The van der Waals surface area contributed by atoms with Crippen molar-refractivity contribution in [2.75, 3.05) is 13.1 Å². The van der Waals surface area contributed by atoms with E-state index in [0.717, 1.165) is 4.90 Å². The molecule has 0 saturated carbocycles. The first kappa shape index (κ1) is 10.7. The first-order valence-electron chi connectivity index (χ1n) is 3.99. The van der Waals surface area contributed by atoms with Gasteiger partial charge in [0.1, 0.15) is 6.10 Å². The molecule has 1 saturated heterocycles. The fraction of sp³-hybridized carbons (Fsp3) is 0.714. The Kier molecular flexibility index (Phi) is 2.63. The van der Waals surface area contributed by atoms with E-state index in [1.54, 1.807) is 0 Å². The fourth-order valence-electron chi connectivity index (χ4n) is 1.35. The van der Waals surface area contributed by atoms with Crippen LogP contribution in [0.4, 0.5) is 4.79 Å². The number of nitrogens with zero attached hydrogens (tertiary/aromatic N) is 1. The van der Waals surface area contributed by atoms with Crippen LogP contribution in [0.25, 0.3) is 0 Å². The van der Waals surface area contributed by atoms with E-state index >= 15 is 0 Å². The molecule has 1 aliphatic rings. The molecule has 7 nitrogen and oxygen atoms in total. The topological polar surface area (TPSA) is 118 Å². The van der Waals surface area contributed by atoms with E-state index < -0.39 is 30.3 Å². The molecular formula is C7H11NO6. The lowest BCUT2D eigenvalue weighted by Crippen LogP contribution is -2.60. The molecule has 2 atom stereocenters. The molecule has 0 spiro atoms. The van der Waals surface area contributed by atoms with Gasteiger partial charge < -0.3 is 25.3 Å². The summed E-state index contributed by atoms with van der Waals surface area (Å²) in [4.78, 5) is 21.9. The third kappa shape index (κ3) is 1.64. The zero-order valence-electron chi connectivity index (χ0n) is 7.25. The van der Waals surface area contributed by atoms with E-state index in [2.05, 4.69) is 0 Å². The van der Waals surface area contributed by atoms with Crippen molar-refractivity contribution in [3.63, 3.8) is 0 Å². The van der Waals surface area contributed by atoms with E-state index in [-0.39, 0.29) is 13.0 Å². The van der Waals surface area contributed by atoms with Crippen LogP contribution in [-0.2, 0) is 4.79 Å². The molecule has 14 heavy (non-hydrogen) atoms. The zero-order valence-corrected chi connectivity index (χ0v) is 7.25. The van der Waals surface area contributed by atoms with E-state index in [1.807, 2.05) is 0 Å². The lowest BCUT2D eigenvalue weighted by molar-refractivity contribution is -0.179. The number of carboxylic acid groups (broad SMARTS) is 2. The SMILES string of the molecule is O=C(O)N1CCC(O)(C(=O)O)C(O)C1. The summed E-state index contributed by atoms with van der Waals surface area (Å²) in [7, 11) is 0.